The Morgan fingerprint density at radius 1 is 1.33 bits per heavy atom. The zero-order chi connectivity index (χ0) is 16.2. The Labute approximate surface area is 132 Å². The van der Waals surface area contributed by atoms with E-state index in [1.54, 1.807) is 10.9 Å². The predicted octanol–water partition coefficient (Wildman–Crippen LogP) is 2.79. The molecule has 0 radical (unpaired) electrons. The normalized spacial score (nSPS) is 13.2. The van der Waals surface area contributed by atoms with E-state index < -0.39 is 0 Å². The number of hydrogen-bond acceptors (Lipinski definition) is 3. The van der Waals surface area contributed by atoms with Crippen molar-refractivity contribution < 1.29 is 4.79 Å². The molecule has 0 bridgehead atoms. The van der Waals surface area contributed by atoms with Gasteiger partial charge in [-0.2, -0.15) is 5.10 Å². The summed E-state index contributed by atoms with van der Waals surface area (Å²) in [5.74, 6) is -0.216. The summed E-state index contributed by atoms with van der Waals surface area (Å²) in [7, 11) is 0. The second kappa shape index (κ2) is 7.80. The van der Waals surface area contributed by atoms with Crippen molar-refractivity contribution in [2.24, 2.45) is 0 Å². The lowest BCUT2D eigenvalue weighted by atomic mass is 10.2. The number of aromatic nitrogens is 2. The number of aryl methyl sites for hydroxylation is 1. The largest absolute Gasteiger partial charge is 0.347 e. The Balaban J connectivity index is 2.67. The fourth-order valence-corrected chi connectivity index (χ4v) is 2.62. The molecule has 1 amide bonds. The number of halogens is 1. The van der Waals surface area contributed by atoms with Gasteiger partial charge in [-0.1, -0.05) is 11.6 Å². The van der Waals surface area contributed by atoms with E-state index in [1.807, 2.05) is 13.8 Å². The third kappa shape index (κ3) is 5.00. The summed E-state index contributed by atoms with van der Waals surface area (Å²) in [6.45, 7) is 14.1. The number of carbonyl (C=O) groups is 1. The van der Waals surface area contributed by atoms with Crippen molar-refractivity contribution >= 4 is 17.5 Å². The van der Waals surface area contributed by atoms with Crippen LogP contribution in [0.3, 0.4) is 0 Å². The summed E-state index contributed by atoms with van der Waals surface area (Å²) >= 11 is 6.05. The van der Waals surface area contributed by atoms with Crippen molar-refractivity contribution in [1.29, 1.82) is 0 Å². The lowest BCUT2D eigenvalue weighted by Crippen LogP contribution is -2.47. The van der Waals surface area contributed by atoms with Gasteiger partial charge in [0.1, 0.15) is 0 Å². The molecule has 0 aliphatic heterocycles. The first kappa shape index (κ1) is 18.0. The van der Waals surface area contributed by atoms with Gasteiger partial charge in [0, 0.05) is 37.4 Å². The second-order valence-corrected chi connectivity index (χ2v) is 6.35. The molecule has 1 atom stereocenters. The zero-order valence-electron chi connectivity index (χ0n) is 13.9. The number of carbonyl (C=O) groups excluding carboxylic acids is 1. The molecule has 1 aromatic rings. The fourth-order valence-electron chi connectivity index (χ4n) is 2.38. The Morgan fingerprint density at radius 2 is 1.90 bits per heavy atom. The lowest BCUT2D eigenvalue weighted by Gasteiger charge is -2.33. The molecular weight excluding hydrogens is 288 g/mol. The van der Waals surface area contributed by atoms with E-state index in [1.165, 1.54) is 0 Å². The van der Waals surface area contributed by atoms with Gasteiger partial charge in [0.2, 0.25) is 0 Å². The summed E-state index contributed by atoms with van der Waals surface area (Å²) in [4.78, 5) is 14.6. The summed E-state index contributed by atoms with van der Waals surface area (Å²) in [6, 6.07) is 0.907. The highest BCUT2D eigenvalue weighted by atomic mass is 35.5. The topological polar surface area (TPSA) is 50.2 Å². The van der Waals surface area contributed by atoms with Crippen molar-refractivity contribution in [3.05, 3.63) is 16.9 Å². The molecule has 1 N–H and O–H groups in total. The van der Waals surface area contributed by atoms with Crippen LogP contribution in [0.5, 0.6) is 0 Å². The molecule has 120 valence electrons. The molecule has 0 fully saturated rings. The highest BCUT2D eigenvalue weighted by Gasteiger charge is 2.20. The van der Waals surface area contributed by atoms with Gasteiger partial charge in [-0.05, 0) is 41.5 Å². The number of hydrogen-bond donors (Lipinski definition) is 1. The third-order valence-electron chi connectivity index (χ3n) is 3.44. The number of rotatable bonds is 7. The minimum atomic E-state index is -0.216. The number of nitrogens with zero attached hydrogens (tertiary/aromatic N) is 3. The van der Waals surface area contributed by atoms with Crippen LogP contribution in [0.4, 0.5) is 0 Å². The highest BCUT2D eigenvalue weighted by Crippen LogP contribution is 2.14. The van der Waals surface area contributed by atoms with Gasteiger partial charge < -0.3 is 5.32 Å². The van der Waals surface area contributed by atoms with Gasteiger partial charge >= 0.3 is 0 Å². The van der Waals surface area contributed by atoms with E-state index >= 15 is 0 Å². The molecule has 0 aliphatic rings. The van der Waals surface area contributed by atoms with Crippen LogP contribution >= 0.6 is 11.6 Å². The molecule has 0 spiro atoms. The molecule has 5 nitrogen and oxygen atoms in total. The van der Waals surface area contributed by atoms with Crippen LogP contribution in [0, 0.1) is 0 Å². The minimum Gasteiger partial charge on any atom is -0.347 e. The van der Waals surface area contributed by atoms with Gasteiger partial charge in [-0.15, -0.1) is 0 Å². The van der Waals surface area contributed by atoms with Gasteiger partial charge in [-0.3, -0.25) is 14.4 Å². The van der Waals surface area contributed by atoms with Crippen molar-refractivity contribution in [2.75, 3.05) is 6.54 Å². The Kier molecular flexibility index (Phi) is 6.68. The molecule has 0 saturated carbocycles. The molecule has 0 aromatic carbocycles. The van der Waals surface area contributed by atoms with E-state index in [9.17, 15) is 4.79 Å². The summed E-state index contributed by atoms with van der Waals surface area (Å²) in [5, 5.41) is 7.56. The number of amides is 1. The van der Waals surface area contributed by atoms with Crippen molar-refractivity contribution in [3.8, 4) is 0 Å². The van der Waals surface area contributed by atoms with E-state index in [0.717, 1.165) is 6.54 Å². The summed E-state index contributed by atoms with van der Waals surface area (Å²) in [5.41, 5.74) is 0.297. The maximum atomic E-state index is 12.2. The van der Waals surface area contributed by atoms with Gasteiger partial charge in [-0.25, -0.2) is 0 Å². The molecule has 1 unspecified atom stereocenters. The molecule has 0 aliphatic carbocycles. The van der Waals surface area contributed by atoms with Gasteiger partial charge in [0.15, 0.2) is 5.69 Å². The maximum absolute atomic E-state index is 12.2. The molecule has 1 aromatic heterocycles. The van der Waals surface area contributed by atoms with Crippen LogP contribution < -0.4 is 5.32 Å². The molecular formula is C15H27ClN4O. The molecule has 1 heterocycles. The first-order chi connectivity index (χ1) is 9.76. The molecule has 0 saturated heterocycles. The zero-order valence-corrected chi connectivity index (χ0v) is 14.6. The maximum Gasteiger partial charge on any atom is 0.273 e. The van der Waals surface area contributed by atoms with Crippen LogP contribution in [-0.4, -0.2) is 45.3 Å². The van der Waals surface area contributed by atoms with E-state index in [2.05, 4.69) is 43.0 Å². The van der Waals surface area contributed by atoms with Gasteiger partial charge in [0.05, 0.1) is 5.02 Å². The van der Waals surface area contributed by atoms with Crippen molar-refractivity contribution in [1.82, 2.24) is 20.0 Å². The quantitative estimate of drug-likeness (QED) is 0.842. The summed E-state index contributed by atoms with van der Waals surface area (Å²) in [6.07, 6.45) is 1.68. The van der Waals surface area contributed by atoms with E-state index in [4.69, 9.17) is 11.6 Å². The molecule has 1 rings (SSSR count). The third-order valence-corrected chi connectivity index (χ3v) is 3.72. The second-order valence-electron chi connectivity index (χ2n) is 5.94. The minimum absolute atomic E-state index is 0.0325. The Bertz CT molecular complexity index is 462. The van der Waals surface area contributed by atoms with Crippen molar-refractivity contribution in [3.63, 3.8) is 0 Å². The lowest BCUT2D eigenvalue weighted by molar-refractivity contribution is 0.0905. The predicted molar refractivity (Wildman–Crippen MR) is 86.8 cm³/mol. The van der Waals surface area contributed by atoms with Crippen LogP contribution in [-0.2, 0) is 6.54 Å². The Hall–Kier alpha value is -1.07. The smallest absolute Gasteiger partial charge is 0.273 e. The summed E-state index contributed by atoms with van der Waals surface area (Å²) < 4.78 is 1.66. The Morgan fingerprint density at radius 3 is 2.33 bits per heavy atom. The van der Waals surface area contributed by atoms with Crippen molar-refractivity contribution in [2.45, 2.75) is 66.2 Å². The number of nitrogens with one attached hydrogen (secondary N) is 1. The average Bonchev–Trinajstić information content (AvgIpc) is 2.76. The molecule has 6 heteroatoms. The monoisotopic (exact) mass is 314 g/mol. The first-order valence-corrected chi connectivity index (χ1v) is 7.93. The highest BCUT2D eigenvalue weighted by molar-refractivity contribution is 6.33. The van der Waals surface area contributed by atoms with Crippen LogP contribution in [0.15, 0.2) is 6.20 Å². The van der Waals surface area contributed by atoms with Gasteiger partial charge in [0.25, 0.3) is 5.91 Å². The first-order valence-electron chi connectivity index (χ1n) is 7.55. The van der Waals surface area contributed by atoms with E-state index in [-0.39, 0.29) is 11.9 Å². The fraction of sp³-hybridized carbons (Fsp3) is 0.733. The van der Waals surface area contributed by atoms with Crippen LogP contribution in [0.1, 0.15) is 52.0 Å². The van der Waals surface area contributed by atoms with Crippen LogP contribution in [0.25, 0.3) is 0 Å². The van der Waals surface area contributed by atoms with Crippen LogP contribution in [0.2, 0.25) is 5.02 Å². The van der Waals surface area contributed by atoms with E-state index in [0.29, 0.717) is 29.3 Å². The SMILES string of the molecule is CCn1cc(Cl)c(C(=O)NC(C)CN(C(C)C)C(C)C)n1. The average molecular weight is 315 g/mol. The standard InChI is InChI=1S/C15H27ClN4O/c1-7-19-9-13(16)14(18-19)15(21)17-12(6)8-20(10(2)3)11(4)5/h9-12H,7-8H2,1-6H3,(H,17,21). The molecule has 21 heavy (non-hydrogen) atoms.